The Bertz CT molecular complexity index is 642. The maximum atomic E-state index is 12.4. The molecule has 1 aliphatic carbocycles. The van der Waals surface area contributed by atoms with Crippen LogP contribution < -0.4 is 0 Å². The van der Waals surface area contributed by atoms with Crippen molar-refractivity contribution in [3.8, 4) is 0 Å². The highest BCUT2D eigenvalue weighted by atomic mass is 32.2. The number of likely N-dealkylation sites (tertiary alicyclic amines) is 1. The fraction of sp³-hybridized carbons (Fsp3) is 0.632. The Labute approximate surface area is 145 Å². The number of piperidine rings is 1. The summed E-state index contributed by atoms with van der Waals surface area (Å²) < 4.78 is 24.7. The first-order valence-corrected chi connectivity index (χ1v) is 10.8. The van der Waals surface area contributed by atoms with Crippen LogP contribution in [0.2, 0.25) is 0 Å². The number of hydrogen-bond acceptors (Lipinski definition) is 3. The van der Waals surface area contributed by atoms with E-state index in [0.717, 1.165) is 44.9 Å². The highest BCUT2D eigenvalue weighted by molar-refractivity contribution is 7.92. The van der Waals surface area contributed by atoms with E-state index in [2.05, 4.69) is 24.3 Å². The molecule has 132 valence electrons. The fourth-order valence-corrected chi connectivity index (χ4v) is 5.78. The van der Waals surface area contributed by atoms with E-state index in [1.54, 1.807) is 4.90 Å². The Hall–Kier alpha value is -1.36. The van der Waals surface area contributed by atoms with Gasteiger partial charge in [-0.3, -0.25) is 4.79 Å². The first-order chi connectivity index (χ1) is 11.5. The first-order valence-electron chi connectivity index (χ1n) is 9.08. The molecule has 0 unspecified atom stereocenters. The minimum Gasteiger partial charge on any atom is -0.342 e. The van der Waals surface area contributed by atoms with Gasteiger partial charge in [-0.1, -0.05) is 43.2 Å². The van der Waals surface area contributed by atoms with E-state index >= 15 is 0 Å². The summed E-state index contributed by atoms with van der Waals surface area (Å²) in [4.78, 5) is 14.1. The summed E-state index contributed by atoms with van der Waals surface area (Å²) in [6, 6.07) is 10.4. The van der Waals surface area contributed by atoms with Gasteiger partial charge in [0.15, 0.2) is 9.84 Å². The second-order valence-corrected chi connectivity index (χ2v) is 9.51. The van der Waals surface area contributed by atoms with Gasteiger partial charge in [-0.15, -0.1) is 0 Å². The zero-order valence-corrected chi connectivity index (χ0v) is 15.0. The second-order valence-electron chi connectivity index (χ2n) is 7.23. The molecule has 1 amide bonds. The molecule has 1 saturated carbocycles. The third-order valence-electron chi connectivity index (χ3n) is 5.47. The van der Waals surface area contributed by atoms with Gasteiger partial charge in [-0.25, -0.2) is 8.42 Å². The summed E-state index contributed by atoms with van der Waals surface area (Å²) in [5, 5.41) is -0.280. The smallest absolute Gasteiger partial charge is 0.237 e. The average molecular weight is 349 g/mol. The third kappa shape index (κ3) is 4.38. The molecule has 1 aliphatic heterocycles. The molecule has 24 heavy (non-hydrogen) atoms. The molecule has 0 aromatic heterocycles. The topological polar surface area (TPSA) is 54.5 Å². The van der Waals surface area contributed by atoms with Crippen molar-refractivity contribution in [2.45, 2.75) is 50.2 Å². The number of sulfone groups is 1. The lowest BCUT2D eigenvalue weighted by molar-refractivity contribution is -0.129. The van der Waals surface area contributed by atoms with E-state index in [0.29, 0.717) is 19.0 Å². The van der Waals surface area contributed by atoms with Crippen molar-refractivity contribution in [2.24, 2.45) is 5.92 Å². The van der Waals surface area contributed by atoms with Gasteiger partial charge in [0.05, 0.1) is 5.25 Å². The first kappa shape index (κ1) is 17.5. The normalized spacial score (nSPS) is 20.4. The van der Waals surface area contributed by atoms with Crippen LogP contribution in [0.4, 0.5) is 0 Å². The van der Waals surface area contributed by atoms with Gasteiger partial charge < -0.3 is 4.90 Å². The fourth-order valence-electron chi connectivity index (χ4n) is 3.96. The van der Waals surface area contributed by atoms with Gasteiger partial charge >= 0.3 is 0 Å². The summed E-state index contributed by atoms with van der Waals surface area (Å²) in [5.74, 6) is 0.101. The molecule has 1 saturated heterocycles. The van der Waals surface area contributed by atoms with E-state index in [4.69, 9.17) is 0 Å². The molecule has 5 heteroatoms. The minimum atomic E-state index is -3.26. The van der Waals surface area contributed by atoms with Crippen LogP contribution in [0.1, 0.15) is 44.1 Å². The van der Waals surface area contributed by atoms with Gasteiger partial charge in [0.25, 0.3) is 0 Å². The largest absolute Gasteiger partial charge is 0.342 e. The SMILES string of the molecule is O=C(CS(=O)(=O)C1CCCC1)N1CCC(Cc2ccccc2)CC1. The minimum absolute atomic E-state index is 0.194. The number of amides is 1. The molecule has 0 atom stereocenters. The number of carbonyl (C=O) groups excluding carboxylic acids is 1. The molecular formula is C19H27NO3S. The Morgan fingerprint density at radius 3 is 2.25 bits per heavy atom. The van der Waals surface area contributed by atoms with E-state index in [-0.39, 0.29) is 16.9 Å². The molecule has 1 heterocycles. The zero-order chi connectivity index (χ0) is 17.0. The summed E-state index contributed by atoms with van der Waals surface area (Å²) in [5.41, 5.74) is 1.34. The predicted octanol–water partition coefficient (Wildman–Crippen LogP) is 2.83. The van der Waals surface area contributed by atoms with Crippen molar-refractivity contribution in [2.75, 3.05) is 18.8 Å². The monoisotopic (exact) mass is 349 g/mol. The molecular weight excluding hydrogens is 322 g/mol. The van der Waals surface area contributed by atoms with Crippen LogP contribution in [0, 0.1) is 5.92 Å². The lowest BCUT2D eigenvalue weighted by Crippen LogP contribution is -2.42. The molecule has 2 aliphatic rings. The molecule has 0 bridgehead atoms. The highest BCUT2D eigenvalue weighted by Crippen LogP contribution is 2.26. The number of benzene rings is 1. The van der Waals surface area contributed by atoms with Gasteiger partial charge in [-0.05, 0) is 43.6 Å². The molecule has 4 nitrogen and oxygen atoms in total. The Morgan fingerprint density at radius 2 is 1.62 bits per heavy atom. The number of carbonyl (C=O) groups is 1. The molecule has 0 N–H and O–H groups in total. The van der Waals surface area contributed by atoms with Crippen molar-refractivity contribution >= 4 is 15.7 Å². The lowest BCUT2D eigenvalue weighted by atomic mass is 9.90. The summed E-state index contributed by atoms with van der Waals surface area (Å²) in [6.45, 7) is 1.38. The highest BCUT2D eigenvalue weighted by Gasteiger charge is 2.33. The maximum absolute atomic E-state index is 12.4. The average Bonchev–Trinajstić information content (AvgIpc) is 3.11. The van der Waals surface area contributed by atoms with Crippen LogP contribution in [0.15, 0.2) is 30.3 Å². The van der Waals surface area contributed by atoms with Crippen molar-refractivity contribution in [3.05, 3.63) is 35.9 Å². The van der Waals surface area contributed by atoms with Crippen LogP contribution in [-0.4, -0.2) is 43.3 Å². The van der Waals surface area contributed by atoms with E-state index in [9.17, 15) is 13.2 Å². The van der Waals surface area contributed by atoms with Gasteiger partial charge in [0, 0.05) is 13.1 Å². The maximum Gasteiger partial charge on any atom is 0.237 e. The Kier molecular flexibility index (Phi) is 5.59. The van der Waals surface area contributed by atoms with E-state index in [1.165, 1.54) is 5.56 Å². The van der Waals surface area contributed by atoms with Crippen LogP contribution >= 0.6 is 0 Å². The standard InChI is InChI=1S/C19H27NO3S/c21-19(15-24(22,23)18-8-4-5-9-18)20-12-10-17(11-13-20)14-16-6-2-1-3-7-16/h1-3,6-7,17-18H,4-5,8-15H2. The lowest BCUT2D eigenvalue weighted by Gasteiger charge is -2.32. The molecule has 0 radical (unpaired) electrons. The quantitative estimate of drug-likeness (QED) is 0.821. The van der Waals surface area contributed by atoms with Crippen LogP contribution in [0.25, 0.3) is 0 Å². The Morgan fingerprint density at radius 1 is 1.00 bits per heavy atom. The van der Waals surface area contributed by atoms with Gasteiger partial charge in [0.2, 0.25) is 5.91 Å². The summed E-state index contributed by atoms with van der Waals surface area (Å²) in [7, 11) is -3.26. The number of hydrogen-bond donors (Lipinski definition) is 0. The zero-order valence-electron chi connectivity index (χ0n) is 14.2. The van der Waals surface area contributed by atoms with Gasteiger partial charge in [-0.2, -0.15) is 0 Å². The van der Waals surface area contributed by atoms with Crippen molar-refractivity contribution in [1.82, 2.24) is 4.90 Å². The Balaban J connectivity index is 1.48. The van der Waals surface area contributed by atoms with Crippen molar-refractivity contribution in [1.29, 1.82) is 0 Å². The van der Waals surface area contributed by atoms with E-state index in [1.807, 2.05) is 6.07 Å². The van der Waals surface area contributed by atoms with E-state index < -0.39 is 9.84 Å². The van der Waals surface area contributed by atoms with Crippen LogP contribution in [0.5, 0.6) is 0 Å². The second kappa shape index (κ2) is 7.68. The van der Waals surface area contributed by atoms with Crippen molar-refractivity contribution < 1.29 is 13.2 Å². The van der Waals surface area contributed by atoms with Gasteiger partial charge in [0.1, 0.15) is 5.75 Å². The molecule has 2 fully saturated rings. The number of nitrogens with zero attached hydrogens (tertiary/aromatic N) is 1. The predicted molar refractivity (Wildman–Crippen MR) is 95.5 cm³/mol. The van der Waals surface area contributed by atoms with Crippen molar-refractivity contribution in [3.63, 3.8) is 0 Å². The third-order valence-corrected chi connectivity index (χ3v) is 7.61. The number of rotatable bonds is 5. The molecule has 0 spiro atoms. The summed E-state index contributed by atoms with van der Waals surface area (Å²) >= 11 is 0. The molecule has 1 aromatic rings. The van der Waals surface area contributed by atoms with Crippen LogP contribution in [-0.2, 0) is 21.1 Å². The molecule has 3 rings (SSSR count). The summed E-state index contributed by atoms with van der Waals surface area (Å²) in [6.07, 6.45) is 6.38. The molecule has 1 aromatic carbocycles. The van der Waals surface area contributed by atoms with Crippen LogP contribution in [0.3, 0.4) is 0 Å².